The number of nitrogens with zero attached hydrogens (tertiary/aromatic N) is 4. The van der Waals surface area contributed by atoms with Gasteiger partial charge in [0.15, 0.2) is 5.43 Å². The van der Waals surface area contributed by atoms with Crippen LogP contribution >= 0.6 is 0 Å². The van der Waals surface area contributed by atoms with Crippen LogP contribution in [-0.4, -0.2) is 25.4 Å². The highest BCUT2D eigenvalue weighted by atomic mass is 16.1. The van der Waals surface area contributed by atoms with Crippen molar-refractivity contribution in [1.29, 1.82) is 0 Å². The molecule has 0 aliphatic rings. The van der Waals surface area contributed by atoms with E-state index in [0.29, 0.717) is 28.5 Å². The molecule has 3 aromatic rings. The van der Waals surface area contributed by atoms with Crippen LogP contribution in [0.25, 0.3) is 22.9 Å². The van der Waals surface area contributed by atoms with E-state index in [9.17, 15) is 4.79 Å². The fraction of sp³-hybridized carbons (Fsp3) is 0.133. The van der Waals surface area contributed by atoms with E-state index in [1.807, 2.05) is 30.3 Å². The van der Waals surface area contributed by atoms with Crippen LogP contribution in [0.3, 0.4) is 0 Å². The van der Waals surface area contributed by atoms with Crippen molar-refractivity contribution in [3.63, 3.8) is 0 Å². The van der Waals surface area contributed by atoms with Crippen LogP contribution in [-0.2, 0) is 0 Å². The molecule has 0 amide bonds. The lowest BCUT2D eigenvalue weighted by Crippen LogP contribution is -2.13. The van der Waals surface area contributed by atoms with E-state index in [0.717, 1.165) is 5.56 Å². The highest BCUT2D eigenvalue weighted by molar-refractivity contribution is 5.56. The van der Waals surface area contributed by atoms with E-state index in [2.05, 4.69) is 25.4 Å². The molecule has 0 fully saturated rings. The molecular weight excluding hydrogens is 266 g/mol. The van der Waals surface area contributed by atoms with Crippen LogP contribution in [0.2, 0.25) is 0 Å². The lowest BCUT2D eigenvalue weighted by atomic mass is 10.1. The molecule has 0 atom stereocenters. The van der Waals surface area contributed by atoms with Crippen LogP contribution in [0.4, 0.5) is 0 Å². The second-order valence-corrected chi connectivity index (χ2v) is 4.71. The van der Waals surface area contributed by atoms with Crippen molar-refractivity contribution in [1.82, 2.24) is 25.4 Å². The third-order valence-corrected chi connectivity index (χ3v) is 3.24. The Morgan fingerprint density at radius 1 is 0.905 bits per heavy atom. The van der Waals surface area contributed by atoms with Gasteiger partial charge < -0.3 is 4.98 Å². The standard InChI is InChI=1S/C15H13N5O/c1-9-8-16-12(10(2)13(9)21)15-19-17-14(18-20-15)11-6-4-3-5-7-11/h3-8H,1-2H3,(H,16,21). The van der Waals surface area contributed by atoms with Gasteiger partial charge in [-0.05, 0) is 13.8 Å². The largest absolute Gasteiger partial charge is 0.358 e. The van der Waals surface area contributed by atoms with Gasteiger partial charge in [0, 0.05) is 22.9 Å². The zero-order valence-electron chi connectivity index (χ0n) is 11.7. The number of aromatic nitrogens is 5. The Hall–Kier alpha value is -2.89. The molecule has 0 aliphatic carbocycles. The van der Waals surface area contributed by atoms with Crippen LogP contribution < -0.4 is 5.43 Å². The van der Waals surface area contributed by atoms with Crippen molar-refractivity contribution >= 4 is 0 Å². The summed E-state index contributed by atoms with van der Waals surface area (Å²) in [5.74, 6) is 0.760. The maximum Gasteiger partial charge on any atom is 0.220 e. The Morgan fingerprint density at radius 2 is 1.52 bits per heavy atom. The van der Waals surface area contributed by atoms with Gasteiger partial charge in [0.2, 0.25) is 11.6 Å². The fourth-order valence-electron chi connectivity index (χ4n) is 2.03. The smallest absolute Gasteiger partial charge is 0.220 e. The van der Waals surface area contributed by atoms with Gasteiger partial charge in [-0.2, -0.15) is 0 Å². The van der Waals surface area contributed by atoms with Gasteiger partial charge in [-0.3, -0.25) is 4.79 Å². The third-order valence-electron chi connectivity index (χ3n) is 3.24. The van der Waals surface area contributed by atoms with E-state index >= 15 is 0 Å². The Balaban J connectivity index is 2.03. The normalized spacial score (nSPS) is 10.6. The summed E-state index contributed by atoms with van der Waals surface area (Å²) in [6, 6.07) is 9.48. The van der Waals surface area contributed by atoms with Gasteiger partial charge in [0.25, 0.3) is 0 Å². The van der Waals surface area contributed by atoms with Gasteiger partial charge in [0.1, 0.15) is 0 Å². The van der Waals surface area contributed by atoms with Crippen LogP contribution in [0.5, 0.6) is 0 Å². The van der Waals surface area contributed by atoms with Gasteiger partial charge in [-0.1, -0.05) is 30.3 Å². The molecule has 6 nitrogen and oxygen atoms in total. The number of aryl methyl sites for hydroxylation is 1. The third kappa shape index (κ3) is 2.43. The van der Waals surface area contributed by atoms with Crippen molar-refractivity contribution in [2.24, 2.45) is 0 Å². The number of nitrogens with one attached hydrogen (secondary N) is 1. The van der Waals surface area contributed by atoms with Crippen molar-refractivity contribution in [3.8, 4) is 22.9 Å². The first kappa shape index (κ1) is 13.1. The highest BCUT2D eigenvalue weighted by Gasteiger charge is 2.12. The molecule has 3 rings (SSSR count). The number of benzene rings is 1. The molecular formula is C15H13N5O. The highest BCUT2D eigenvalue weighted by Crippen LogP contribution is 2.15. The van der Waals surface area contributed by atoms with Crippen molar-refractivity contribution in [2.75, 3.05) is 0 Å². The zero-order valence-corrected chi connectivity index (χ0v) is 11.7. The van der Waals surface area contributed by atoms with E-state index in [4.69, 9.17) is 0 Å². The average Bonchev–Trinajstić information content (AvgIpc) is 2.54. The van der Waals surface area contributed by atoms with Crippen molar-refractivity contribution in [3.05, 3.63) is 57.9 Å². The predicted octanol–water partition coefficient (Wildman–Crippen LogP) is 1.91. The first-order valence-corrected chi connectivity index (χ1v) is 6.49. The quantitative estimate of drug-likeness (QED) is 0.774. The molecule has 0 radical (unpaired) electrons. The van der Waals surface area contributed by atoms with Crippen LogP contribution in [0, 0.1) is 13.8 Å². The molecule has 0 spiro atoms. The molecule has 1 aromatic carbocycles. The maximum absolute atomic E-state index is 11.9. The zero-order chi connectivity index (χ0) is 14.8. The van der Waals surface area contributed by atoms with Crippen molar-refractivity contribution in [2.45, 2.75) is 13.8 Å². The topological polar surface area (TPSA) is 84.4 Å². The van der Waals surface area contributed by atoms with E-state index < -0.39 is 0 Å². The number of H-pyrrole nitrogens is 1. The number of hydrogen-bond donors (Lipinski definition) is 1. The minimum absolute atomic E-state index is 0.0283. The molecule has 2 heterocycles. The molecule has 21 heavy (non-hydrogen) atoms. The number of rotatable bonds is 2. The van der Waals surface area contributed by atoms with Gasteiger partial charge in [-0.25, -0.2) is 0 Å². The second kappa shape index (κ2) is 5.24. The minimum Gasteiger partial charge on any atom is -0.358 e. The summed E-state index contributed by atoms with van der Waals surface area (Å²) in [4.78, 5) is 15.0. The van der Waals surface area contributed by atoms with E-state index in [-0.39, 0.29) is 5.43 Å². The molecule has 0 aliphatic heterocycles. The van der Waals surface area contributed by atoms with Crippen molar-refractivity contribution < 1.29 is 0 Å². The lowest BCUT2D eigenvalue weighted by molar-refractivity contribution is 0.867. The summed E-state index contributed by atoms with van der Waals surface area (Å²) in [6.07, 6.45) is 1.64. The predicted molar refractivity (Wildman–Crippen MR) is 78.6 cm³/mol. The number of pyridine rings is 1. The maximum atomic E-state index is 11.9. The van der Waals surface area contributed by atoms with E-state index in [1.165, 1.54) is 0 Å². The lowest BCUT2D eigenvalue weighted by Gasteiger charge is -2.04. The molecule has 1 N–H and O–H groups in total. The molecule has 6 heteroatoms. The summed E-state index contributed by atoms with van der Waals surface area (Å²) < 4.78 is 0. The minimum atomic E-state index is -0.0283. The Kier molecular flexibility index (Phi) is 3.27. The van der Waals surface area contributed by atoms with Crippen LogP contribution in [0.15, 0.2) is 41.3 Å². The average molecular weight is 279 g/mol. The first-order chi connectivity index (χ1) is 10.2. The van der Waals surface area contributed by atoms with Gasteiger partial charge in [0.05, 0.1) is 5.69 Å². The summed E-state index contributed by atoms with van der Waals surface area (Å²) in [5.41, 5.74) is 2.58. The van der Waals surface area contributed by atoms with Gasteiger partial charge in [-0.15, -0.1) is 20.4 Å². The molecule has 104 valence electrons. The fourth-order valence-corrected chi connectivity index (χ4v) is 2.03. The first-order valence-electron chi connectivity index (χ1n) is 6.49. The molecule has 2 aromatic heterocycles. The Bertz CT molecular complexity index is 825. The summed E-state index contributed by atoms with van der Waals surface area (Å²) >= 11 is 0. The molecule has 0 unspecified atom stereocenters. The summed E-state index contributed by atoms with van der Waals surface area (Å²) in [7, 11) is 0. The molecule has 0 saturated heterocycles. The summed E-state index contributed by atoms with van der Waals surface area (Å²) in [5, 5.41) is 16.3. The Morgan fingerprint density at radius 3 is 2.19 bits per heavy atom. The van der Waals surface area contributed by atoms with Gasteiger partial charge >= 0.3 is 0 Å². The van der Waals surface area contributed by atoms with E-state index in [1.54, 1.807) is 20.0 Å². The second-order valence-electron chi connectivity index (χ2n) is 4.71. The monoisotopic (exact) mass is 279 g/mol. The van der Waals surface area contributed by atoms with Crippen LogP contribution in [0.1, 0.15) is 11.1 Å². The number of aromatic amines is 1. The summed E-state index contributed by atoms with van der Waals surface area (Å²) in [6.45, 7) is 3.49. The Labute approximate surface area is 120 Å². The molecule has 0 bridgehead atoms. The SMILES string of the molecule is Cc1c[nH]c(-c2nnc(-c3ccccc3)nn2)c(C)c1=O. The number of hydrogen-bond acceptors (Lipinski definition) is 5. The molecule has 0 saturated carbocycles.